The molecule has 0 amide bonds. The zero-order valence-corrected chi connectivity index (χ0v) is 8.60. The van der Waals surface area contributed by atoms with Gasteiger partial charge in [-0.25, -0.2) is 9.59 Å². The van der Waals surface area contributed by atoms with Gasteiger partial charge in [0.2, 0.25) is 0 Å². The molecule has 0 aromatic heterocycles. The number of carbonyl (C=O) groups is 2. The molecule has 0 spiro atoms. The van der Waals surface area contributed by atoms with Crippen LogP contribution in [0.2, 0.25) is 0 Å². The van der Waals surface area contributed by atoms with E-state index >= 15 is 0 Å². The summed E-state index contributed by atoms with van der Waals surface area (Å²) in [6.45, 7) is -0.712. The van der Waals surface area contributed by atoms with Gasteiger partial charge in [-0.15, -0.1) is 0 Å². The zero-order valence-electron chi connectivity index (χ0n) is 8.60. The molecule has 0 aliphatic carbocycles. The van der Waals surface area contributed by atoms with Gasteiger partial charge in [0.15, 0.2) is 6.61 Å². The minimum Gasteiger partial charge on any atom is -0.496 e. The number of benzene rings is 1. The molecule has 0 saturated carbocycles. The van der Waals surface area contributed by atoms with Gasteiger partial charge in [-0.3, -0.25) is 0 Å². The molecule has 0 saturated heterocycles. The first-order chi connectivity index (χ1) is 7.56. The number of aliphatic carboxylic acids is 1. The van der Waals surface area contributed by atoms with Crippen molar-refractivity contribution in [3.8, 4) is 5.75 Å². The number of hydrogen-bond donors (Lipinski definition) is 2. The minimum absolute atomic E-state index is 0.0336. The molecule has 0 unspecified atom stereocenters. The molecule has 0 atom stereocenters. The molecule has 6 nitrogen and oxygen atoms in total. The van der Waals surface area contributed by atoms with Gasteiger partial charge >= 0.3 is 11.9 Å². The number of carboxylic acid groups (broad SMARTS) is 1. The van der Waals surface area contributed by atoms with Crippen LogP contribution in [0.5, 0.6) is 5.75 Å². The van der Waals surface area contributed by atoms with E-state index in [9.17, 15) is 9.59 Å². The van der Waals surface area contributed by atoms with Crippen LogP contribution in [0.25, 0.3) is 0 Å². The van der Waals surface area contributed by atoms with E-state index in [1.807, 2.05) is 0 Å². The molecule has 86 valence electrons. The topological polar surface area (TPSA) is 98.9 Å². The Balaban J connectivity index is 2.93. The Bertz CT molecular complexity index is 416. The first kappa shape index (κ1) is 11.8. The van der Waals surface area contributed by atoms with Gasteiger partial charge in [-0.2, -0.15) is 0 Å². The lowest BCUT2D eigenvalue weighted by Gasteiger charge is -2.09. The van der Waals surface area contributed by atoms with Crippen LogP contribution in [0.15, 0.2) is 18.2 Å². The highest BCUT2D eigenvalue weighted by atomic mass is 16.6. The summed E-state index contributed by atoms with van der Waals surface area (Å²) in [7, 11) is 1.38. The smallest absolute Gasteiger partial charge is 0.344 e. The van der Waals surface area contributed by atoms with Crippen molar-refractivity contribution in [2.24, 2.45) is 0 Å². The number of carbonyl (C=O) groups excluding carboxylic acids is 1. The largest absolute Gasteiger partial charge is 0.496 e. The Kier molecular flexibility index (Phi) is 3.71. The fraction of sp³-hybridized carbons (Fsp3) is 0.200. The van der Waals surface area contributed by atoms with E-state index in [1.54, 1.807) is 6.07 Å². The predicted octanol–water partition coefficient (Wildman–Crippen LogP) is 0.519. The highest BCUT2D eigenvalue weighted by Gasteiger charge is 2.17. The van der Waals surface area contributed by atoms with Crippen LogP contribution in [0, 0.1) is 0 Å². The van der Waals surface area contributed by atoms with Gasteiger partial charge in [0.25, 0.3) is 0 Å². The number of hydrogen-bond acceptors (Lipinski definition) is 5. The molecule has 3 N–H and O–H groups in total. The van der Waals surface area contributed by atoms with Crippen molar-refractivity contribution in [3.63, 3.8) is 0 Å². The third-order valence-corrected chi connectivity index (χ3v) is 1.81. The van der Waals surface area contributed by atoms with Gasteiger partial charge in [0.05, 0.1) is 7.11 Å². The fourth-order valence-electron chi connectivity index (χ4n) is 1.14. The quantitative estimate of drug-likeness (QED) is 0.572. The van der Waals surface area contributed by atoms with E-state index in [1.165, 1.54) is 19.2 Å². The minimum atomic E-state index is -1.23. The second-order valence-corrected chi connectivity index (χ2v) is 2.89. The molecular formula is C10H11NO5. The highest BCUT2D eigenvalue weighted by molar-refractivity contribution is 5.98. The van der Waals surface area contributed by atoms with E-state index in [-0.39, 0.29) is 17.0 Å². The number of nitrogen functional groups attached to an aromatic ring is 1. The van der Waals surface area contributed by atoms with E-state index in [0.29, 0.717) is 0 Å². The molecule has 0 fully saturated rings. The van der Waals surface area contributed by atoms with Crippen LogP contribution in [-0.4, -0.2) is 30.8 Å². The van der Waals surface area contributed by atoms with Crippen molar-refractivity contribution in [2.75, 3.05) is 19.5 Å². The molecular weight excluding hydrogens is 214 g/mol. The van der Waals surface area contributed by atoms with Gasteiger partial charge < -0.3 is 20.3 Å². The lowest BCUT2D eigenvalue weighted by molar-refractivity contribution is -0.140. The number of ether oxygens (including phenoxy) is 2. The van der Waals surface area contributed by atoms with E-state index in [2.05, 4.69) is 4.74 Å². The summed E-state index contributed by atoms with van der Waals surface area (Å²) in [6, 6.07) is 4.65. The Hall–Kier alpha value is -2.24. The van der Waals surface area contributed by atoms with E-state index in [0.717, 1.165) is 0 Å². The lowest BCUT2D eigenvalue weighted by Crippen LogP contribution is -2.15. The van der Waals surface area contributed by atoms with Crippen LogP contribution in [0.3, 0.4) is 0 Å². The summed E-state index contributed by atoms with van der Waals surface area (Å²) in [5.74, 6) is -1.81. The molecule has 0 bridgehead atoms. The summed E-state index contributed by atoms with van der Waals surface area (Å²) in [5, 5.41) is 8.37. The second-order valence-electron chi connectivity index (χ2n) is 2.89. The Morgan fingerprint density at radius 1 is 1.44 bits per heavy atom. The number of carboxylic acids is 1. The standard InChI is InChI=1S/C10H11NO5/c1-15-7-4-2-3-6(11)9(7)10(14)16-5-8(12)13/h2-4H,5,11H2,1H3,(H,12,13). The number of nitrogens with two attached hydrogens (primary N) is 1. The molecule has 0 radical (unpaired) electrons. The Labute approximate surface area is 91.6 Å². The number of esters is 1. The van der Waals surface area contributed by atoms with Crippen molar-refractivity contribution in [1.29, 1.82) is 0 Å². The third-order valence-electron chi connectivity index (χ3n) is 1.81. The van der Waals surface area contributed by atoms with Crippen LogP contribution in [0.1, 0.15) is 10.4 Å². The van der Waals surface area contributed by atoms with Crippen LogP contribution < -0.4 is 10.5 Å². The van der Waals surface area contributed by atoms with Crippen LogP contribution >= 0.6 is 0 Å². The summed E-state index contributed by atoms with van der Waals surface area (Å²) < 4.78 is 9.44. The summed E-state index contributed by atoms with van der Waals surface area (Å²) in [6.07, 6.45) is 0. The fourth-order valence-corrected chi connectivity index (χ4v) is 1.14. The van der Waals surface area contributed by atoms with Crippen LogP contribution in [0.4, 0.5) is 5.69 Å². The lowest BCUT2D eigenvalue weighted by atomic mass is 10.1. The molecule has 0 aliphatic rings. The molecule has 0 aliphatic heterocycles. The third kappa shape index (κ3) is 2.63. The normalized spacial score (nSPS) is 9.56. The van der Waals surface area contributed by atoms with Gasteiger partial charge in [0, 0.05) is 5.69 Å². The van der Waals surface area contributed by atoms with Crippen LogP contribution in [-0.2, 0) is 9.53 Å². The van der Waals surface area contributed by atoms with Crippen molar-refractivity contribution in [1.82, 2.24) is 0 Å². The Morgan fingerprint density at radius 2 is 2.12 bits per heavy atom. The predicted molar refractivity (Wildman–Crippen MR) is 55.3 cm³/mol. The maximum Gasteiger partial charge on any atom is 0.344 e. The van der Waals surface area contributed by atoms with Gasteiger partial charge in [0.1, 0.15) is 11.3 Å². The zero-order chi connectivity index (χ0) is 12.1. The second kappa shape index (κ2) is 5.01. The van der Waals surface area contributed by atoms with E-state index < -0.39 is 18.5 Å². The maximum atomic E-state index is 11.5. The Morgan fingerprint density at radius 3 is 2.69 bits per heavy atom. The van der Waals surface area contributed by atoms with Crippen molar-refractivity contribution >= 4 is 17.6 Å². The highest BCUT2D eigenvalue weighted by Crippen LogP contribution is 2.24. The van der Waals surface area contributed by atoms with Gasteiger partial charge in [-0.05, 0) is 12.1 Å². The summed E-state index contributed by atoms with van der Waals surface area (Å²) in [4.78, 5) is 21.7. The van der Waals surface area contributed by atoms with Crippen molar-refractivity contribution in [2.45, 2.75) is 0 Å². The first-order valence-electron chi connectivity index (χ1n) is 4.37. The molecule has 1 rings (SSSR count). The number of rotatable bonds is 4. The van der Waals surface area contributed by atoms with E-state index in [4.69, 9.17) is 15.6 Å². The average Bonchev–Trinajstić information content (AvgIpc) is 2.25. The number of anilines is 1. The number of methoxy groups -OCH3 is 1. The maximum absolute atomic E-state index is 11.5. The molecule has 16 heavy (non-hydrogen) atoms. The van der Waals surface area contributed by atoms with Crippen molar-refractivity contribution in [3.05, 3.63) is 23.8 Å². The average molecular weight is 225 g/mol. The van der Waals surface area contributed by atoms with Gasteiger partial charge in [-0.1, -0.05) is 6.07 Å². The molecule has 6 heteroatoms. The van der Waals surface area contributed by atoms with Crippen molar-refractivity contribution < 1.29 is 24.2 Å². The molecule has 0 heterocycles. The molecule has 1 aromatic carbocycles. The summed E-state index contributed by atoms with van der Waals surface area (Å²) >= 11 is 0. The molecule has 1 aromatic rings. The monoisotopic (exact) mass is 225 g/mol. The first-order valence-corrected chi connectivity index (χ1v) is 4.37. The SMILES string of the molecule is COc1cccc(N)c1C(=O)OCC(=O)O. The summed E-state index contributed by atoms with van der Waals surface area (Å²) in [5.41, 5.74) is 5.79.